The second kappa shape index (κ2) is 3.87. The van der Waals surface area contributed by atoms with E-state index in [0.29, 0.717) is 25.8 Å². The molecule has 1 unspecified atom stereocenters. The first-order chi connectivity index (χ1) is 8.04. The number of hydrogen-bond donors (Lipinski definition) is 0. The number of rotatable bonds is 2. The van der Waals surface area contributed by atoms with Crippen molar-refractivity contribution in [1.29, 1.82) is 0 Å². The van der Waals surface area contributed by atoms with Crippen molar-refractivity contribution in [2.45, 2.75) is 44.9 Å². The van der Waals surface area contributed by atoms with E-state index in [2.05, 4.69) is 51.1 Å². The first kappa shape index (κ1) is 11.8. The molecule has 0 nitrogen and oxygen atoms in total. The van der Waals surface area contributed by atoms with Gasteiger partial charge in [-0.2, -0.15) is 0 Å². The molecule has 1 aromatic rings. The van der Waals surface area contributed by atoms with Crippen molar-refractivity contribution in [2.75, 3.05) is 0 Å². The van der Waals surface area contributed by atoms with E-state index < -0.39 is 0 Å². The van der Waals surface area contributed by atoms with E-state index in [4.69, 9.17) is 0 Å². The topological polar surface area (TPSA) is 0 Å². The van der Waals surface area contributed by atoms with Crippen LogP contribution in [-0.4, -0.2) is 15.0 Å². The maximum absolute atomic E-state index is 2.56. The van der Waals surface area contributed by atoms with Crippen LogP contribution in [-0.2, 0) is 0 Å². The maximum atomic E-state index is 2.56. The van der Waals surface area contributed by atoms with Crippen molar-refractivity contribution in [3.8, 4) is 0 Å². The number of hydrogen-bond acceptors (Lipinski definition) is 0. The average Bonchev–Trinajstić information content (AvgIpc) is 2.63. The van der Waals surface area contributed by atoms with E-state index in [0.717, 1.165) is 10.7 Å². The van der Waals surface area contributed by atoms with Gasteiger partial charge in [-0.1, -0.05) is 0 Å². The average molecular weight is 293 g/mol. The summed E-state index contributed by atoms with van der Waals surface area (Å²) in [5, 5.41) is 0. The molecule has 0 aliphatic heterocycles. The first-order valence-electron chi connectivity index (χ1n) is 6.76. The second-order valence-electron chi connectivity index (χ2n) is 6.53. The Morgan fingerprint density at radius 2 is 1.82 bits per heavy atom. The van der Waals surface area contributed by atoms with Gasteiger partial charge in [0.15, 0.2) is 0 Å². The molecule has 92 valence electrons. The van der Waals surface area contributed by atoms with Crippen molar-refractivity contribution in [1.82, 2.24) is 0 Å². The van der Waals surface area contributed by atoms with Gasteiger partial charge in [0, 0.05) is 0 Å². The van der Waals surface area contributed by atoms with Crippen LogP contribution < -0.4 is 4.46 Å². The Morgan fingerprint density at radius 3 is 2.35 bits per heavy atom. The normalized spacial score (nSPS) is 38.5. The zero-order valence-electron chi connectivity index (χ0n) is 11.1. The molecule has 2 bridgehead atoms. The van der Waals surface area contributed by atoms with Crippen molar-refractivity contribution in [3.05, 3.63) is 30.3 Å². The van der Waals surface area contributed by atoms with Crippen LogP contribution in [0.15, 0.2) is 30.3 Å². The van der Waals surface area contributed by atoms with E-state index >= 15 is 0 Å². The van der Waals surface area contributed by atoms with Crippen LogP contribution in [0.4, 0.5) is 0 Å². The van der Waals surface area contributed by atoms with Crippen LogP contribution in [0.1, 0.15) is 40.0 Å². The summed E-state index contributed by atoms with van der Waals surface area (Å²) in [6.45, 7) is 7.60. The summed E-state index contributed by atoms with van der Waals surface area (Å²) >= 11 is 0.669. The molecule has 0 aromatic heterocycles. The minimum absolute atomic E-state index is 0.578. The van der Waals surface area contributed by atoms with E-state index in [1.165, 1.54) is 19.3 Å². The number of benzene rings is 1. The zero-order chi connectivity index (χ0) is 12.1. The molecule has 17 heavy (non-hydrogen) atoms. The van der Waals surface area contributed by atoms with Gasteiger partial charge in [-0.25, -0.2) is 0 Å². The van der Waals surface area contributed by atoms with Crippen LogP contribution in [0, 0.1) is 16.7 Å². The van der Waals surface area contributed by atoms with Crippen LogP contribution in [0.5, 0.6) is 0 Å². The summed E-state index contributed by atoms with van der Waals surface area (Å²) in [7, 11) is 0. The molecule has 2 saturated carbocycles. The third kappa shape index (κ3) is 1.63. The molecule has 2 fully saturated rings. The molecule has 3 atom stereocenters. The molecular formula is C16H22Se. The fourth-order valence-electron chi connectivity index (χ4n) is 3.97. The van der Waals surface area contributed by atoms with Crippen LogP contribution in [0.2, 0.25) is 4.82 Å². The predicted molar refractivity (Wildman–Crippen MR) is 74.8 cm³/mol. The second-order valence-corrected chi connectivity index (χ2v) is 9.21. The molecular weight excluding hydrogens is 271 g/mol. The quantitative estimate of drug-likeness (QED) is 0.730. The van der Waals surface area contributed by atoms with Gasteiger partial charge in [0.25, 0.3) is 0 Å². The van der Waals surface area contributed by atoms with E-state index in [1.807, 2.05) is 0 Å². The molecule has 0 spiro atoms. The summed E-state index contributed by atoms with van der Waals surface area (Å²) in [5.74, 6) is 0.989. The van der Waals surface area contributed by atoms with Gasteiger partial charge in [0.1, 0.15) is 0 Å². The van der Waals surface area contributed by atoms with Crippen molar-refractivity contribution < 1.29 is 0 Å². The van der Waals surface area contributed by atoms with Crippen LogP contribution in [0.25, 0.3) is 0 Å². The fourth-order valence-corrected chi connectivity index (χ4v) is 7.44. The molecule has 0 amide bonds. The van der Waals surface area contributed by atoms with Gasteiger partial charge in [-0.3, -0.25) is 0 Å². The summed E-state index contributed by atoms with van der Waals surface area (Å²) in [5.41, 5.74) is 1.18. The van der Waals surface area contributed by atoms with Crippen LogP contribution >= 0.6 is 0 Å². The van der Waals surface area contributed by atoms with Gasteiger partial charge in [-0.05, 0) is 0 Å². The SMILES string of the molecule is CC1(C)[C@H]2CC[C@]1(C)C([Se]c1ccccc1)C2. The van der Waals surface area contributed by atoms with Crippen molar-refractivity contribution in [2.24, 2.45) is 16.7 Å². The van der Waals surface area contributed by atoms with Gasteiger partial charge in [-0.15, -0.1) is 0 Å². The molecule has 0 heterocycles. The number of fused-ring (bicyclic) bond motifs is 2. The standard InChI is InChI=1S/C16H22Se/c1-15(2)12-9-10-16(15,3)14(11-12)17-13-7-5-4-6-8-13/h4-8,12,14H,9-11H2,1-3H3/t12-,14?,16+/m0/s1. The minimum atomic E-state index is 0.578. The Labute approximate surface area is 111 Å². The third-order valence-corrected chi connectivity index (χ3v) is 8.97. The Hall–Kier alpha value is -0.261. The molecule has 0 saturated heterocycles. The van der Waals surface area contributed by atoms with Gasteiger partial charge in [0.2, 0.25) is 0 Å². The Bertz CT molecular complexity index is 409. The molecule has 1 aromatic carbocycles. The Balaban J connectivity index is 1.83. The summed E-state index contributed by atoms with van der Waals surface area (Å²) in [6, 6.07) is 11.2. The van der Waals surface area contributed by atoms with E-state index in [9.17, 15) is 0 Å². The van der Waals surface area contributed by atoms with E-state index in [-0.39, 0.29) is 0 Å². The molecule has 0 N–H and O–H groups in total. The predicted octanol–water partition coefficient (Wildman–Crippen LogP) is 3.65. The molecule has 3 rings (SSSR count). The molecule has 1 heteroatoms. The van der Waals surface area contributed by atoms with Crippen LogP contribution in [0.3, 0.4) is 0 Å². The third-order valence-electron chi connectivity index (χ3n) is 5.74. The summed E-state index contributed by atoms with van der Waals surface area (Å²) in [4.78, 5) is 0.964. The van der Waals surface area contributed by atoms with Crippen molar-refractivity contribution >= 4 is 19.4 Å². The molecule has 2 aliphatic carbocycles. The van der Waals surface area contributed by atoms with Crippen molar-refractivity contribution in [3.63, 3.8) is 0 Å². The Morgan fingerprint density at radius 1 is 1.12 bits per heavy atom. The Kier molecular flexibility index (Phi) is 2.69. The van der Waals surface area contributed by atoms with Gasteiger partial charge in [0.05, 0.1) is 0 Å². The summed E-state index contributed by atoms with van der Waals surface area (Å²) in [6.07, 6.45) is 4.42. The van der Waals surface area contributed by atoms with Gasteiger partial charge < -0.3 is 0 Å². The monoisotopic (exact) mass is 294 g/mol. The first-order valence-corrected chi connectivity index (χ1v) is 8.60. The zero-order valence-corrected chi connectivity index (χ0v) is 12.8. The molecule has 2 aliphatic rings. The molecule has 0 radical (unpaired) electrons. The fraction of sp³-hybridized carbons (Fsp3) is 0.625. The summed E-state index contributed by atoms with van der Waals surface area (Å²) < 4.78 is 1.59. The van der Waals surface area contributed by atoms with E-state index in [1.54, 1.807) is 4.46 Å². The van der Waals surface area contributed by atoms with Gasteiger partial charge >= 0.3 is 111 Å².